The molecule has 0 saturated heterocycles. The van der Waals surface area contributed by atoms with Crippen molar-refractivity contribution < 1.29 is 27.8 Å². The number of rotatable bonds is 7. The number of ether oxygens (including phenoxy) is 3. The SMILES string of the molecule is COc1ccnc(CC(=O)C2Nc3ccc(OC(F)F)cc3N2)c1OC. The second-order valence-electron chi connectivity index (χ2n) is 5.44. The molecule has 0 spiro atoms. The van der Waals surface area contributed by atoms with Gasteiger partial charge in [0, 0.05) is 18.3 Å². The van der Waals surface area contributed by atoms with Crippen LogP contribution >= 0.6 is 0 Å². The van der Waals surface area contributed by atoms with E-state index in [1.165, 1.54) is 32.5 Å². The number of carbonyl (C=O) groups excluding carboxylic acids is 1. The number of carbonyl (C=O) groups is 1. The summed E-state index contributed by atoms with van der Waals surface area (Å²) in [6.07, 6.45) is 0.811. The average molecular weight is 365 g/mol. The van der Waals surface area contributed by atoms with Gasteiger partial charge in [-0.05, 0) is 12.1 Å². The summed E-state index contributed by atoms with van der Waals surface area (Å²) in [7, 11) is 2.97. The van der Waals surface area contributed by atoms with Gasteiger partial charge < -0.3 is 24.8 Å². The number of ketones is 1. The molecule has 1 atom stereocenters. The van der Waals surface area contributed by atoms with Crippen LogP contribution in [0.3, 0.4) is 0 Å². The number of aromatic nitrogens is 1. The normalized spacial score (nSPS) is 15.0. The highest BCUT2D eigenvalue weighted by Gasteiger charge is 2.28. The lowest BCUT2D eigenvalue weighted by atomic mass is 10.1. The summed E-state index contributed by atoms with van der Waals surface area (Å²) in [6, 6.07) is 6.02. The molecule has 1 aromatic heterocycles. The third-order valence-corrected chi connectivity index (χ3v) is 3.85. The van der Waals surface area contributed by atoms with Crippen molar-refractivity contribution in [2.75, 3.05) is 24.9 Å². The number of halogens is 2. The van der Waals surface area contributed by atoms with Gasteiger partial charge in [0.1, 0.15) is 5.75 Å². The Balaban J connectivity index is 1.72. The van der Waals surface area contributed by atoms with Crippen molar-refractivity contribution in [1.82, 2.24) is 4.98 Å². The van der Waals surface area contributed by atoms with Crippen molar-refractivity contribution in [2.45, 2.75) is 19.2 Å². The first kappa shape index (κ1) is 17.7. The first-order chi connectivity index (χ1) is 12.5. The number of benzene rings is 1. The zero-order valence-electron chi connectivity index (χ0n) is 14.1. The lowest BCUT2D eigenvalue weighted by Gasteiger charge is -2.14. The fourth-order valence-electron chi connectivity index (χ4n) is 2.70. The van der Waals surface area contributed by atoms with Crippen LogP contribution in [0.2, 0.25) is 0 Å². The van der Waals surface area contributed by atoms with Crippen molar-refractivity contribution in [1.29, 1.82) is 0 Å². The van der Waals surface area contributed by atoms with Gasteiger partial charge in [0.2, 0.25) is 0 Å². The quantitative estimate of drug-likeness (QED) is 0.781. The molecule has 1 aliphatic rings. The minimum absolute atomic E-state index is 0.000576. The molecule has 0 amide bonds. The highest BCUT2D eigenvalue weighted by molar-refractivity contribution is 5.95. The second kappa shape index (κ2) is 7.42. The molecule has 0 aliphatic carbocycles. The van der Waals surface area contributed by atoms with E-state index in [1.807, 2.05) is 0 Å². The van der Waals surface area contributed by atoms with E-state index in [1.54, 1.807) is 12.1 Å². The van der Waals surface area contributed by atoms with Crippen molar-refractivity contribution in [3.05, 3.63) is 36.2 Å². The fourth-order valence-corrected chi connectivity index (χ4v) is 2.70. The Kier molecular flexibility index (Phi) is 5.06. The average Bonchev–Trinajstić information content (AvgIpc) is 3.04. The second-order valence-corrected chi connectivity index (χ2v) is 5.44. The van der Waals surface area contributed by atoms with E-state index in [9.17, 15) is 13.6 Å². The summed E-state index contributed by atoms with van der Waals surface area (Å²) in [6.45, 7) is -2.91. The predicted molar refractivity (Wildman–Crippen MR) is 90.2 cm³/mol. The zero-order chi connectivity index (χ0) is 18.7. The van der Waals surface area contributed by atoms with Crippen LogP contribution in [0, 0.1) is 0 Å². The zero-order valence-corrected chi connectivity index (χ0v) is 14.1. The molecular weight excluding hydrogens is 348 g/mol. The Labute approximate surface area is 148 Å². The molecular formula is C17H17F2N3O4. The van der Waals surface area contributed by atoms with Crippen LogP contribution in [-0.2, 0) is 11.2 Å². The van der Waals surface area contributed by atoms with Gasteiger partial charge in [-0.2, -0.15) is 8.78 Å². The minimum atomic E-state index is -2.91. The molecule has 2 aromatic rings. The number of nitrogens with one attached hydrogen (secondary N) is 2. The molecule has 1 aromatic carbocycles. The van der Waals surface area contributed by atoms with E-state index < -0.39 is 12.8 Å². The van der Waals surface area contributed by atoms with Crippen molar-refractivity contribution in [2.24, 2.45) is 0 Å². The molecule has 1 aliphatic heterocycles. The van der Waals surface area contributed by atoms with E-state index in [-0.39, 0.29) is 18.0 Å². The third-order valence-electron chi connectivity index (χ3n) is 3.85. The lowest BCUT2D eigenvalue weighted by molar-refractivity contribution is -0.118. The van der Waals surface area contributed by atoms with Gasteiger partial charge in [-0.15, -0.1) is 0 Å². The Hall–Kier alpha value is -3.10. The summed E-state index contributed by atoms with van der Waals surface area (Å²) in [4.78, 5) is 16.8. The standard InChI is InChI=1S/C17H17F2N3O4/c1-24-14-5-6-20-12(15(14)25-2)8-13(23)16-21-10-4-3-9(26-17(18)19)7-11(10)22-16/h3-7,16-17,21-22H,8H2,1-2H3. The predicted octanol–water partition coefficient (Wildman–Crippen LogP) is 2.68. The van der Waals surface area contributed by atoms with E-state index in [2.05, 4.69) is 20.4 Å². The molecule has 2 N–H and O–H groups in total. The topological polar surface area (TPSA) is 81.7 Å². The third kappa shape index (κ3) is 3.61. The molecule has 0 fully saturated rings. The Morgan fingerprint density at radius 1 is 1.19 bits per heavy atom. The molecule has 0 radical (unpaired) electrons. The number of nitrogens with zero attached hydrogens (tertiary/aromatic N) is 1. The first-order valence-electron chi connectivity index (χ1n) is 7.72. The van der Waals surface area contributed by atoms with Crippen molar-refractivity contribution in [3.8, 4) is 17.2 Å². The summed E-state index contributed by atoms with van der Waals surface area (Å²) < 4.78 is 39.5. The molecule has 0 bridgehead atoms. The summed E-state index contributed by atoms with van der Waals surface area (Å²) in [5, 5.41) is 5.95. The van der Waals surface area contributed by atoms with E-state index >= 15 is 0 Å². The number of hydrogen-bond acceptors (Lipinski definition) is 7. The number of hydrogen-bond donors (Lipinski definition) is 2. The van der Waals surface area contributed by atoms with Crippen LogP contribution in [0.15, 0.2) is 30.5 Å². The summed E-state index contributed by atoms with van der Waals surface area (Å²) in [5.74, 6) is 0.690. The van der Waals surface area contributed by atoms with Gasteiger partial charge in [-0.1, -0.05) is 0 Å². The number of fused-ring (bicyclic) bond motifs is 1. The molecule has 9 heteroatoms. The van der Waals surface area contributed by atoms with Crippen LogP contribution in [0.25, 0.3) is 0 Å². The maximum Gasteiger partial charge on any atom is 0.387 e. The van der Waals surface area contributed by atoms with Crippen LogP contribution in [0.4, 0.5) is 20.2 Å². The number of alkyl halides is 2. The van der Waals surface area contributed by atoms with Crippen LogP contribution in [-0.4, -0.2) is 37.8 Å². The Morgan fingerprint density at radius 3 is 2.65 bits per heavy atom. The van der Waals surface area contributed by atoms with Gasteiger partial charge in [0.15, 0.2) is 23.4 Å². The molecule has 26 heavy (non-hydrogen) atoms. The van der Waals surface area contributed by atoms with Gasteiger partial charge in [0.05, 0.1) is 37.7 Å². The van der Waals surface area contributed by atoms with Crippen LogP contribution < -0.4 is 24.8 Å². The van der Waals surface area contributed by atoms with Crippen molar-refractivity contribution in [3.63, 3.8) is 0 Å². The number of anilines is 2. The minimum Gasteiger partial charge on any atom is -0.493 e. The number of Topliss-reactive ketones (excluding diaryl/α,β-unsaturated/α-hetero) is 1. The van der Waals surface area contributed by atoms with Crippen molar-refractivity contribution >= 4 is 17.2 Å². The monoisotopic (exact) mass is 365 g/mol. The maximum atomic E-state index is 12.6. The fraction of sp³-hybridized carbons (Fsp3) is 0.294. The molecule has 2 heterocycles. The largest absolute Gasteiger partial charge is 0.493 e. The number of methoxy groups -OCH3 is 2. The summed E-state index contributed by atoms with van der Waals surface area (Å²) in [5.41, 5.74) is 1.57. The van der Waals surface area contributed by atoms with Crippen LogP contribution in [0.5, 0.6) is 17.2 Å². The Morgan fingerprint density at radius 2 is 1.96 bits per heavy atom. The van der Waals surface area contributed by atoms with E-state index in [4.69, 9.17) is 9.47 Å². The Bertz CT molecular complexity index is 817. The van der Waals surface area contributed by atoms with Gasteiger partial charge in [-0.25, -0.2) is 0 Å². The number of pyridine rings is 1. The maximum absolute atomic E-state index is 12.6. The van der Waals surface area contributed by atoms with E-state index in [0.29, 0.717) is 28.6 Å². The molecule has 0 saturated carbocycles. The van der Waals surface area contributed by atoms with Gasteiger partial charge >= 0.3 is 6.61 Å². The highest BCUT2D eigenvalue weighted by atomic mass is 19.3. The molecule has 7 nitrogen and oxygen atoms in total. The highest BCUT2D eigenvalue weighted by Crippen LogP contribution is 2.34. The molecule has 138 valence electrons. The lowest BCUT2D eigenvalue weighted by Crippen LogP contribution is -2.33. The molecule has 1 unspecified atom stereocenters. The smallest absolute Gasteiger partial charge is 0.387 e. The summed E-state index contributed by atoms with van der Waals surface area (Å²) >= 11 is 0. The van der Waals surface area contributed by atoms with Gasteiger partial charge in [-0.3, -0.25) is 9.78 Å². The van der Waals surface area contributed by atoms with E-state index in [0.717, 1.165) is 0 Å². The molecule has 3 rings (SSSR count). The first-order valence-corrected chi connectivity index (χ1v) is 7.72. The van der Waals surface area contributed by atoms with Crippen LogP contribution in [0.1, 0.15) is 5.69 Å². The van der Waals surface area contributed by atoms with Gasteiger partial charge in [0.25, 0.3) is 0 Å².